The Bertz CT molecular complexity index is 418. The van der Waals surface area contributed by atoms with Gasteiger partial charge in [0.05, 0.1) is 10.7 Å². The summed E-state index contributed by atoms with van der Waals surface area (Å²) in [5, 5.41) is 12.3. The van der Waals surface area contributed by atoms with E-state index in [1.54, 1.807) is 11.3 Å². The van der Waals surface area contributed by atoms with Gasteiger partial charge in [-0.15, -0.1) is 11.3 Å². The van der Waals surface area contributed by atoms with E-state index in [1.807, 2.05) is 18.5 Å². The van der Waals surface area contributed by atoms with E-state index in [1.165, 1.54) is 0 Å². The second kappa shape index (κ2) is 5.27. The van der Waals surface area contributed by atoms with Crippen LogP contribution in [0.2, 0.25) is 0 Å². The van der Waals surface area contributed by atoms with Crippen LogP contribution in [-0.2, 0) is 6.42 Å². The smallest absolute Gasteiger partial charge is 0.0936 e. The summed E-state index contributed by atoms with van der Waals surface area (Å²) in [5.41, 5.74) is 2.15. The number of aliphatic hydroxyl groups excluding tert-OH is 1. The summed E-state index contributed by atoms with van der Waals surface area (Å²) in [4.78, 5) is 7.60. The third kappa shape index (κ3) is 2.51. The molecule has 2 aromatic rings. The molecule has 4 heteroatoms. The topological polar surface area (TPSA) is 48.9 Å². The monoisotopic (exact) mass is 236 g/mol. The van der Waals surface area contributed by atoms with Crippen molar-refractivity contribution in [2.45, 2.75) is 19.8 Å². The van der Waals surface area contributed by atoms with Gasteiger partial charge in [-0.25, -0.2) is 4.98 Å². The van der Waals surface area contributed by atoms with Crippen molar-refractivity contribution >= 4 is 11.3 Å². The molecule has 0 aromatic carbocycles. The number of thiazole rings is 1. The van der Waals surface area contributed by atoms with Gasteiger partial charge in [-0.05, 0) is 12.0 Å². The minimum atomic E-state index is 0.246. The molecule has 2 rings (SSSR count). The molecule has 86 valence electrons. The van der Waals surface area contributed by atoms with Crippen LogP contribution in [0.15, 0.2) is 23.8 Å². The van der Waals surface area contributed by atoms with Crippen molar-refractivity contribution in [3.8, 4) is 11.3 Å². The van der Waals surface area contributed by atoms with E-state index in [0.717, 1.165) is 29.1 Å². The fourth-order valence-corrected chi connectivity index (χ4v) is 2.52. The van der Waals surface area contributed by atoms with Gasteiger partial charge in [0.15, 0.2) is 0 Å². The molecule has 0 fully saturated rings. The zero-order valence-corrected chi connectivity index (χ0v) is 10.1. The first-order valence-corrected chi connectivity index (χ1v) is 6.40. The van der Waals surface area contributed by atoms with Crippen molar-refractivity contribution < 1.29 is 5.11 Å². The highest BCUT2D eigenvalue weighted by Gasteiger charge is 2.10. The molecule has 2 heterocycles. The van der Waals surface area contributed by atoms with Crippen molar-refractivity contribution in [2.24, 2.45) is 5.92 Å². The summed E-state index contributed by atoms with van der Waals surface area (Å²) in [6.07, 6.45) is 5.72. The molecule has 3 nitrogen and oxygen atoms in total. The predicted molar refractivity (Wildman–Crippen MR) is 66.5 cm³/mol. The van der Waals surface area contributed by atoms with Gasteiger partial charge in [-0.3, -0.25) is 0 Å². The van der Waals surface area contributed by atoms with Gasteiger partial charge in [-0.1, -0.05) is 13.3 Å². The van der Waals surface area contributed by atoms with E-state index in [0.29, 0.717) is 5.92 Å². The van der Waals surface area contributed by atoms with Crippen molar-refractivity contribution in [1.29, 1.82) is 0 Å². The number of nitrogens with one attached hydrogen (secondary N) is 1. The molecule has 0 saturated carbocycles. The minimum Gasteiger partial charge on any atom is -0.396 e. The van der Waals surface area contributed by atoms with Crippen LogP contribution in [0.3, 0.4) is 0 Å². The molecule has 0 aliphatic rings. The highest BCUT2D eigenvalue weighted by molar-refractivity contribution is 7.09. The molecular formula is C12H16N2OS. The van der Waals surface area contributed by atoms with E-state index >= 15 is 0 Å². The number of nitrogens with zero attached hydrogens (tertiary/aromatic N) is 1. The largest absolute Gasteiger partial charge is 0.396 e. The number of aromatic nitrogens is 2. The Kier molecular flexibility index (Phi) is 3.74. The van der Waals surface area contributed by atoms with Crippen molar-refractivity contribution in [1.82, 2.24) is 9.97 Å². The quantitative estimate of drug-likeness (QED) is 0.838. The van der Waals surface area contributed by atoms with Gasteiger partial charge in [0.2, 0.25) is 0 Å². The Morgan fingerprint density at radius 3 is 3.06 bits per heavy atom. The summed E-state index contributed by atoms with van der Waals surface area (Å²) in [6.45, 7) is 2.34. The first-order valence-electron chi connectivity index (χ1n) is 5.52. The van der Waals surface area contributed by atoms with E-state index in [2.05, 4.69) is 22.3 Å². The Hall–Kier alpha value is -1.13. The van der Waals surface area contributed by atoms with E-state index in [4.69, 9.17) is 5.11 Å². The average Bonchev–Trinajstić information content (AvgIpc) is 2.96. The van der Waals surface area contributed by atoms with Gasteiger partial charge in [-0.2, -0.15) is 0 Å². The summed E-state index contributed by atoms with van der Waals surface area (Å²) < 4.78 is 0. The van der Waals surface area contributed by atoms with Crippen LogP contribution >= 0.6 is 11.3 Å². The second-order valence-corrected chi connectivity index (χ2v) is 4.83. The summed E-state index contributed by atoms with van der Waals surface area (Å²) >= 11 is 1.67. The molecular weight excluding hydrogens is 220 g/mol. The van der Waals surface area contributed by atoms with E-state index in [9.17, 15) is 0 Å². The van der Waals surface area contributed by atoms with Crippen LogP contribution < -0.4 is 0 Å². The van der Waals surface area contributed by atoms with E-state index in [-0.39, 0.29) is 6.61 Å². The summed E-state index contributed by atoms with van der Waals surface area (Å²) in [7, 11) is 0. The summed E-state index contributed by atoms with van der Waals surface area (Å²) in [5.74, 6) is 0.338. The highest BCUT2D eigenvalue weighted by Crippen LogP contribution is 2.23. The second-order valence-electron chi connectivity index (χ2n) is 3.89. The molecule has 0 aliphatic heterocycles. The fraction of sp³-hybridized carbons (Fsp3) is 0.417. The van der Waals surface area contributed by atoms with E-state index < -0.39 is 0 Å². The Morgan fingerprint density at radius 1 is 1.56 bits per heavy atom. The first kappa shape index (κ1) is 11.4. The summed E-state index contributed by atoms with van der Waals surface area (Å²) in [6, 6.07) is 2.02. The predicted octanol–water partition coefficient (Wildman–Crippen LogP) is 2.70. The maximum atomic E-state index is 9.15. The molecule has 2 N–H and O–H groups in total. The zero-order valence-electron chi connectivity index (χ0n) is 9.31. The molecule has 0 radical (unpaired) electrons. The lowest BCUT2D eigenvalue weighted by molar-refractivity contribution is 0.222. The maximum absolute atomic E-state index is 9.15. The lowest BCUT2D eigenvalue weighted by Gasteiger charge is -2.07. The van der Waals surface area contributed by atoms with Crippen LogP contribution in [0.5, 0.6) is 0 Å². The van der Waals surface area contributed by atoms with Crippen molar-refractivity contribution in [3.05, 3.63) is 28.8 Å². The fourth-order valence-electron chi connectivity index (χ4n) is 1.61. The number of H-pyrrole nitrogens is 1. The normalized spacial score (nSPS) is 12.9. The number of hydrogen-bond donors (Lipinski definition) is 2. The number of aliphatic hydroxyl groups is 1. The third-order valence-electron chi connectivity index (χ3n) is 2.74. The number of rotatable bonds is 5. The standard InChI is InChI=1S/C12H16N2OS/c1-2-9(7-15)5-12-14-11(8-16-12)10-3-4-13-6-10/h3-4,6,8-9,13,15H,2,5,7H2,1H3. The Labute approximate surface area is 99.2 Å². The van der Waals surface area contributed by atoms with Gasteiger partial charge < -0.3 is 10.1 Å². The lowest BCUT2D eigenvalue weighted by atomic mass is 10.0. The molecule has 2 aromatic heterocycles. The molecule has 0 bridgehead atoms. The lowest BCUT2D eigenvalue weighted by Crippen LogP contribution is -2.07. The van der Waals surface area contributed by atoms with Gasteiger partial charge >= 0.3 is 0 Å². The van der Waals surface area contributed by atoms with Crippen LogP contribution in [0.4, 0.5) is 0 Å². The maximum Gasteiger partial charge on any atom is 0.0936 e. The Morgan fingerprint density at radius 2 is 2.44 bits per heavy atom. The molecule has 0 saturated heterocycles. The van der Waals surface area contributed by atoms with Crippen LogP contribution in [0, 0.1) is 5.92 Å². The van der Waals surface area contributed by atoms with Gasteiger partial charge in [0.25, 0.3) is 0 Å². The molecule has 1 unspecified atom stereocenters. The molecule has 16 heavy (non-hydrogen) atoms. The van der Waals surface area contributed by atoms with Crippen LogP contribution in [0.25, 0.3) is 11.3 Å². The SMILES string of the molecule is CCC(CO)Cc1nc(-c2cc[nH]c2)cs1. The van der Waals surface area contributed by atoms with Crippen molar-refractivity contribution in [3.63, 3.8) is 0 Å². The Balaban J connectivity index is 2.08. The molecule has 0 aliphatic carbocycles. The van der Waals surface area contributed by atoms with Crippen molar-refractivity contribution in [2.75, 3.05) is 6.61 Å². The zero-order chi connectivity index (χ0) is 11.4. The molecule has 1 atom stereocenters. The average molecular weight is 236 g/mol. The van der Waals surface area contributed by atoms with Gasteiger partial charge in [0.1, 0.15) is 0 Å². The first-order chi connectivity index (χ1) is 7.83. The highest BCUT2D eigenvalue weighted by atomic mass is 32.1. The van der Waals surface area contributed by atoms with Crippen LogP contribution in [0.1, 0.15) is 18.4 Å². The minimum absolute atomic E-state index is 0.246. The van der Waals surface area contributed by atoms with Gasteiger partial charge in [0, 0.05) is 36.4 Å². The number of hydrogen-bond acceptors (Lipinski definition) is 3. The molecule has 0 amide bonds. The van der Waals surface area contributed by atoms with Crippen LogP contribution in [-0.4, -0.2) is 21.7 Å². The number of aromatic amines is 1. The third-order valence-corrected chi connectivity index (χ3v) is 3.62. The molecule has 0 spiro atoms.